The predicted octanol–water partition coefficient (Wildman–Crippen LogP) is 1.92. The van der Waals surface area contributed by atoms with E-state index in [1.165, 1.54) is 63.3 Å². The molecule has 2 fully saturated rings. The Kier molecular flexibility index (Phi) is 8.82. The van der Waals surface area contributed by atoms with Gasteiger partial charge in [0.1, 0.15) is 5.82 Å². The van der Waals surface area contributed by atoms with E-state index in [9.17, 15) is 26.4 Å². The van der Waals surface area contributed by atoms with Crippen LogP contribution in [-0.4, -0.2) is 94.9 Å². The summed E-state index contributed by atoms with van der Waals surface area (Å²) >= 11 is 0. The van der Waals surface area contributed by atoms with E-state index >= 15 is 0 Å². The van der Waals surface area contributed by atoms with Crippen molar-refractivity contribution in [3.05, 3.63) is 83.6 Å². The number of nitrogens with zero attached hydrogens (tertiary/aromatic N) is 4. The first kappa shape index (κ1) is 29.9. The molecule has 3 aromatic rings. The molecular weight excluding hydrogens is 584 g/mol. The van der Waals surface area contributed by atoms with Crippen LogP contribution in [0.4, 0.5) is 5.82 Å². The van der Waals surface area contributed by atoms with Crippen LogP contribution >= 0.6 is 0 Å². The van der Waals surface area contributed by atoms with Crippen molar-refractivity contribution in [3.63, 3.8) is 0 Å². The Morgan fingerprint density at radius 2 is 1.10 bits per heavy atom. The van der Waals surface area contributed by atoms with E-state index < -0.39 is 31.9 Å². The third kappa shape index (κ3) is 6.00. The number of hydrogen-bond acceptors (Lipinski definition) is 9. The summed E-state index contributed by atoms with van der Waals surface area (Å²) in [5.41, 5.74) is 0.693. The summed E-state index contributed by atoms with van der Waals surface area (Å²) < 4.78 is 65.2. The third-order valence-electron chi connectivity index (χ3n) is 7.02. The zero-order valence-corrected chi connectivity index (χ0v) is 24.5. The Balaban J connectivity index is 1.44. The number of pyridine rings is 1. The van der Waals surface area contributed by atoms with Crippen LogP contribution in [0.25, 0.3) is 0 Å². The first-order valence-electron chi connectivity index (χ1n) is 13.3. The fourth-order valence-corrected chi connectivity index (χ4v) is 7.48. The number of carbonyl (C=O) groups excluding carboxylic acids is 2. The maximum absolute atomic E-state index is 13.8. The van der Waals surface area contributed by atoms with Gasteiger partial charge >= 0.3 is 0 Å². The molecule has 0 unspecified atom stereocenters. The Morgan fingerprint density at radius 1 is 0.690 bits per heavy atom. The van der Waals surface area contributed by atoms with E-state index in [2.05, 4.69) is 4.98 Å². The summed E-state index contributed by atoms with van der Waals surface area (Å²) in [5.74, 6) is -1.34. The molecule has 2 saturated heterocycles. The van der Waals surface area contributed by atoms with Crippen LogP contribution in [0.2, 0.25) is 0 Å². The van der Waals surface area contributed by atoms with Gasteiger partial charge < -0.3 is 9.47 Å². The number of carbonyl (C=O) groups is 2. The minimum absolute atomic E-state index is 0.0184. The zero-order chi connectivity index (χ0) is 29.9. The molecule has 2 aliphatic heterocycles. The van der Waals surface area contributed by atoms with Crippen LogP contribution in [0.1, 0.15) is 26.3 Å². The van der Waals surface area contributed by atoms with E-state index in [1.54, 1.807) is 19.1 Å². The molecule has 0 radical (unpaired) electrons. The molecule has 5 rings (SSSR count). The summed E-state index contributed by atoms with van der Waals surface area (Å²) in [5, 5.41) is 0. The van der Waals surface area contributed by atoms with Crippen molar-refractivity contribution in [2.24, 2.45) is 0 Å². The number of imide groups is 1. The van der Waals surface area contributed by atoms with Gasteiger partial charge in [-0.15, -0.1) is 0 Å². The van der Waals surface area contributed by atoms with E-state index in [0.29, 0.717) is 32.0 Å². The van der Waals surface area contributed by atoms with Gasteiger partial charge in [-0.05, 0) is 67.1 Å². The summed E-state index contributed by atoms with van der Waals surface area (Å²) in [4.78, 5) is 32.8. The maximum atomic E-state index is 13.8. The lowest BCUT2D eigenvalue weighted by atomic mass is 10.1. The Hall–Kier alpha value is -3.53. The summed E-state index contributed by atoms with van der Waals surface area (Å²) in [6, 6.07) is 14.1. The molecule has 2 aromatic carbocycles. The molecule has 222 valence electrons. The van der Waals surface area contributed by atoms with Gasteiger partial charge in [-0.25, -0.2) is 26.7 Å². The number of hydrogen-bond donors (Lipinski definition) is 0. The first-order valence-corrected chi connectivity index (χ1v) is 16.1. The summed E-state index contributed by atoms with van der Waals surface area (Å²) in [6.45, 7) is 3.84. The standard InChI is InChI=1S/C28H30N4O8S2/c1-21-3-2-12-29-26(21)32(27(33)22-4-8-24(9-5-22)41(35,36)30-13-17-39-18-14-30)28(34)23-6-10-25(11-7-23)42(37,38)31-15-19-40-20-16-31/h2-12H,13-20H2,1H3. The molecule has 3 heterocycles. The molecule has 14 heteroatoms. The number of benzene rings is 2. The molecule has 0 N–H and O–H groups in total. The highest BCUT2D eigenvalue weighted by Gasteiger charge is 2.31. The van der Waals surface area contributed by atoms with Crippen LogP contribution in [0, 0.1) is 6.92 Å². The average molecular weight is 615 g/mol. The smallest absolute Gasteiger partial charge is 0.266 e. The lowest BCUT2D eigenvalue weighted by Gasteiger charge is -2.26. The van der Waals surface area contributed by atoms with Crippen molar-refractivity contribution in [2.75, 3.05) is 57.5 Å². The molecule has 0 atom stereocenters. The van der Waals surface area contributed by atoms with Crippen LogP contribution in [0.15, 0.2) is 76.7 Å². The highest BCUT2D eigenvalue weighted by Crippen LogP contribution is 2.25. The van der Waals surface area contributed by atoms with Crippen molar-refractivity contribution in [3.8, 4) is 0 Å². The van der Waals surface area contributed by atoms with Crippen LogP contribution in [0.3, 0.4) is 0 Å². The normalized spacial score (nSPS) is 17.1. The molecule has 0 saturated carbocycles. The second-order valence-electron chi connectivity index (χ2n) is 9.67. The second-order valence-corrected chi connectivity index (χ2v) is 13.5. The maximum Gasteiger partial charge on any atom is 0.266 e. The largest absolute Gasteiger partial charge is 0.379 e. The highest BCUT2D eigenvalue weighted by molar-refractivity contribution is 7.89. The highest BCUT2D eigenvalue weighted by atomic mass is 32.2. The minimum Gasteiger partial charge on any atom is -0.379 e. The molecule has 2 amide bonds. The molecular formula is C28H30N4O8S2. The number of ether oxygens (including phenoxy) is 2. The van der Waals surface area contributed by atoms with Crippen molar-refractivity contribution in [1.82, 2.24) is 13.6 Å². The monoisotopic (exact) mass is 614 g/mol. The third-order valence-corrected chi connectivity index (χ3v) is 10.8. The molecule has 12 nitrogen and oxygen atoms in total. The van der Waals surface area contributed by atoms with Crippen molar-refractivity contribution in [1.29, 1.82) is 0 Å². The number of sulfonamides is 2. The lowest BCUT2D eigenvalue weighted by molar-refractivity contribution is 0.0730. The fraction of sp³-hybridized carbons (Fsp3) is 0.321. The number of aromatic nitrogens is 1. The average Bonchev–Trinajstić information content (AvgIpc) is 3.03. The van der Waals surface area contributed by atoms with E-state index in [4.69, 9.17) is 9.47 Å². The van der Waals surface area contributed by atoms with Gasteiger partial charge in [0, 0.05) is 43.5 Å². The SMILES string of the molecule is Cc1cccnc1N(C(=O)c1ccc(S(=O)(=O)N2CCOCC2)cc1)C(=O)c1ccc(S(=O)(=O)N2CCOCC2)cc1. The van der Waals surface area contributed by atoms with Gasteiger partial charge in [0.05, 0.1) is 36.2 Å². The Labute approximate surface area is 244 Å². The molecule has 0 aliphatic carbocycles. The summed E-state index contributed by atoms with van der Waals surface area (Å²) in [7, 11) is -7.56. The molecule has 2 aliphatic rings. The van der Waals surface area contributed by atoms with Crippen LogP contribution < -0.4 is 4.90 Å². The minimum atomic E-state index is -3.78. The van der Waals surface area contributed by atoms with E-state index in [0.717, 1.165) is 4.90 Å². The van der Waals surface area contributed by atoms with Crippen molar-refractivity contribution < 1.29 is 35.9 Å². The van der Waals surface area contributed by atoms with Gasteiger partial charge in [-0.2, -0.15) is 8.61 Å². The van der Waals surface area contributed by atoms with Crippen molar-refractivity contribution in [2.45, 2.75) is 16.7 Å². The van der Waals surface area contributed by atoms with Gasteiger partial charge in [0.15, 0.2) is 0 Å². The van der Waals surface area contributed by atoms with E-state index in [-0.39, 0.29) is 52.9 Å². The molecule has 0 spiro atoms. The Morgan fingerprint density at radius 3 is 1.48 bits per heavy atom. The number of morpholine rings is 2. The van der Waals surface area contributed by atoms with Gasteiger partial charge in [-0.3, -0.25) is 9.59 Å². The number of rotatable bonds is 7. The molecule has 1 aromatic heterocycles. The zero-order valence-electron chi connectivity index (χ0n) is 22.9. The number of anilines is 1. The van der Waals surface area contributed by atoms with E-state index in [1.807, 2.05) is 0 Å². The van der Waals surface area contributed by atoms with Gasteiger partial charge in [0.2, 0.25) is 20.0 Å². The lowest BCUT2D eigenvalue weighted by Crippen LogP contribution is -2.41. The molecule has 0 bridgehead atoms. The fourth-order valence-electron chi connectivity index (χ4n) is 4.67. The first-order chi connectivity index (χ1) is 20.1. The van der Waals surface area contributed by atoms with Crippen LogP contribution in [-0.2, 0) is 29.5 Å². The summed E-state index contributed by atoms with van der Waals surface area (Å²) in [6.07, 6.45) is 1.45. The predicted molar refractivity (Wildman–Crippen MR) is 152 cm³/mol. The second kappa shape index (κ2) is 12.4. The Bertz CT molecular complexity index is 1560. The van der Waals surface area contributed by atoms with Crippen LogP contribution in [0.5, 0.6) is 0 Å². The number of amides is 2. The van der Waals surface area contributed by atoms with Gasteiger partial charge in [-0.1, -0.05) is 6.07 Å². The number of aryl methyl sites for hydroxylation is 1. The van der Waals surface area contributed by atoms with Gasteiger partial charge in [0.25, 0.3) is 11.8 Å². The molecule has 42 heavy (non-hydrogen) atoms. The van der Waals surface area contributed by atoms with Crippen molar-refractivity contribution >= 4 is 37.7 Å². The quantitative estimate of drug-likeness (QED) is 0.365. The topological polar surface area (TPSA) is 143 Å².